The molecule has 1 unspecified atom stereocenters. The molecule has 1 aromatic rings. The molecule has 0 bridgehead atoms. The Morgan fingerprint density at radius 2 is 2.04 bits per heavy atom. The molecule has 4 nitrogen and oxygen atoms in total. The van der Waals surface area contributed by atoms with Crippen molar-refractivity contribution in [2.45, 2.75) is 50.5 Å². The molecule has 1 heterocycles. The van der Waals surface area contributed by atoms with Crippen molar-refractivity contribution >= 4 is 13.8 Å². The molecule has 0 spiro atoms. The molecule has 2 rings (SSSR count). The summed E-state index contributed by atoms with van der Waals surface area (Å²) in [4.78, 5) is 14.2. The smallest absolute Gasteiger partial charge is 0.323 e. The van der Waals surface area contributed by atoms with E-state index in [1.807, 2.05) is 0 Å². The first-order chi connectivity index (χ1) is 11.1. The highest BCUT2D eigenvalue weighted by atomic mass is 16.4. The van der Waals surface area contributed by atoms with Gasteiger partial charge in [-0.15, -0.1) is 0 Å². The van der Waals surface area contributed by atoms with Crippen LogP contribution in [0.5, 0.6) is 0 Å². The number of nitrogens with one attached hydrogen (secondary N) is 1. The zero-order valence-electron chi connectivity index (χ0n) is 14.1. The quantitative estimate of drug-likeness (QED) is 0.542. The van der Waals surface area contributed by atoms with Crippen LogP contribution in [0.3, 0.4) is 0 Å². The van der Waals surface area contributed by atoms with Gasteiger partial charge in [0, 0.05) is 19.6 Å². The third-order valence-corrected chi connectivity index (χ3v) is 5.01. The van der Waals surface area contributed by atoms with Crippen LogP contribution in [0.1, 0.15) is 36.8 Å². The van der Waals surface area contributed by atoms with Gasteiger partial charge in [0.2, 0.25) is 0 Å². The topological polar surface area (TPSA) is 52.6 Å². The van der Waals surface area contributed by atoms with Crippen molar-refractivity contribution in [2.24, 2.45) is 0 Å². The summed E-state index contributed by atoms with van der Waals surface area (Å²) in [6.07, 6.45) is 4.61. The lowest BCUT2D eigenvalue weighted by atomic mass is 9.86. The van der Waals surface area contributed by atoms with Crippen LogP contribution < -0.4 is 5.32 Å². The standard InChI is InChI=1S/C18H27BN2O2/c1-20-18(17(22)23,9-4-5-11-19)10-13-21-12-8-15-6-2-3-7-16(15)14-21/h2-3,6-7,20H,4-5,8-14H2,1H3,(H,22,23). The molecule has 0 fully saturated rings. The summed E-state index contributed by atoms with van der Waals surface area (Å²) in [7, 11) is 7.29. The van der Waals surface area contributed by atoms with Gasteiger partial charge >= 0.3 is 5.97 Å². The Morgan fingerprint density at radius 3 is 2.70 bits per heavy atom. The molecule has 0 aromatic heterocycles. The summed E-state index contributed by atoms with van der Waals surface area (Å²) in [5.74, 6) is -0.755. The minimum Gasteiger partial charge on any atom is -0.480 e. The van der Waals surface area contributed by atoms with E-state index >= 15 is 0 Å². The number of hydrogen-bond acceptors (Lipinski definition) is 3. The molecule has 0 saturated carbocycles. The van der Waals surface area contributed by atoms with Gasteiger partial charge in [0.25, 0.3) is 0 Å². The van der Waals surface area contributed by atoms with Gasteiger partial charge in [-0.2, -0.15) is 0 Å². The normalized spacial score (nSPS) is 17.4. The van der Waals surface area contributed by atoms with Gasteiger partial charge in [-0.25, -0.2) is 0 Å². The van der Waals surface area contributed by atoms with Crippen LogP contribution in [-0.4, -0.2) is 49.5 Å². The molecule has 2 N–H and O–H groups in total. The Bertz CT molecular complexity index is 523. The average molecular weight is 314 g/mol. The first kappa shape index (κ1) is 18.0. The van der Waals surface area contributed by atoms with Crippen molar-refractivity contribution < 1.29 is 9.90 Å². The molecule has 2 radical (unpaired) electrons. The lowest BCUT2D eigenvalue weighted by molar-refractivity contribution is -0.145. The molecule has 124 valence electrons. The number of rotatable bonds is 9. The fourth-order valence-corrected chi connectivity index (χ4v) is 3.36. The minimum absolute atomic E-state index is 0.613. The SMILES string of the molecule is [B]CCCCC(CCN1CCc2ccccc2C1)(NC)C(=O)O. The number of fused-ring (bicyclic) bond motifs is 1. The van der Waals surface area contributed by atoms with Crippen molar-refractivity contribution in [2.75, 3.05) is 20.1 Å². The Labute approximate surface area is 140 Å². The third kappa shape index (κ3) is 4.58. The second-order valence-electron chi connectivity index (χ2n) is 6.43. The summed E-state index contributed by atoms with van der Waals surface area (Å²) in [5, 5.41) is 12.8. The fraction of sp³-hybridized carbons (Fsp3) is 0.611. The van der Waals surface area contributed by atoms with Crippen molar-refractivity contribution in [3.63, 3.8) is 0 Å². The zero-order chi connectivity index (χ0) is 16.7. The summed E-state index contributed by atoms with van der Waals surface area (Å²) in [6, 6.07) is 8.52. The average Bonchev–Trinajstić information content (AvgIpc) is 2.57. The number of benzene rings is 1. The van der Waals surface area contributed by atoms with E-state index < -0.39 is 11.5 Å². The summed E-state index contributed by atoms with van der Waals surface area (Å²) >= 11 is 0. The monoisotopic (exact) mass is 314 g/mol. The predicted octanol–water partition coefficient (Wildman–Crippen LogP) is 2.23. The Hall–Kier alpha value is -1.33. The second-order valence-corrected chi connectivity index (χ2v) is 6.43. The summed E-state index contributed by atoms with van der Waals surface area (Å²) < 4.78 is 0. The van der Waals surface area contributed by atoms with E-state index in [0.29, 0.717) is 19.2 Å². The van der Waals surface area contributed by atoms with Crippen LogP contribution in [0.25, 0.3) is 0 Å². The van der Waals surface area contributed by atoms with Gasteiger partial charge in [-0.1, -0.05) is 43.4 Å². The van der Waals surface area contributed by atoms with Crippen molar-refractivity contribution in [1.29, 1.82) is 0 Å². The second kappa shape index (κ2) is 8.51. The van der Waals surface area contributed by atoms with Crippen LogP contribution >= 0.6 is 0 Å². The maximum absolute atomic E-state index is 11.8. The molecule has 0 amide bonds. The van der Waals surface area contributed by atoms with Crippen LogP contribution in [0, 0.1) is 0 Å². The van der Waals surface area contributed by atoms with E-state index in [0.717, 1.165) is 38.9 Å². The highest BCUT2D eigenvalue weighted by Gasteiger charge is 2.36. The highest BCUT2D eigenvalue weighted by molar-refractivity contribution is 6.08. The van der Waals surface area contributed by atoms with E-state index in [1.54, 1.807) is 7.05 Å². The summed E-state index contributed by atoms with van der Waals surface area (Å²) in [5.41, 5.74) is 1.95. The maximum Gasteiger partial charge on any atom is 0.323 e. The van der Waals surface area contributed by atoms with E-state index in [9.17, 15) is 9.90 Å². The van der Waals surface area contributed by atoms with E-state index in [1.165, 1.54) is 11.1 Å². The number of aliphatic carboxylic acids is 1. The summed E-state index contributed by atoms with van der Waals surface area (Å²) in [6.45, 7) is 2.71. The highest BCUT2D eigenvalue weighted by Crippen LogP contribution is 2.23. The molecule has 1 aliphatic heterocycles. The Balaban J connectivity index is 1.95. The Morgan fingerprint density at radius 1 is 1.30 bits per heavy atom. The molecular formula is C18H27BN2O2. The first-order valence-electron chi connectivity index (χ1n) is 8.53. The van der Waals surface area contributed by atoms with Gasteiger partial charge < -0.3 is 10.4 Å². The van der Waals surface area contributed by atoms with Gasteiger partial charge in [-0.05, 0) is 37.4 Å². The zero-order valence-corrected chi connectivity index (χ0v) is 14.1. The van der Waals surface area contributed by atoms with Crippen LogP contribution in [0.4, 0.5) is 0 Å². The van der Waals surface area contributed by atoms with Crippen molar-refractivity contribution in [3.8, 4) is 0 Å². The molecular weight excluding hydrogens is 287 g/mol. The van der Waals surface area contributed by atoms with Crippen molar-refractivity contribution in [3.05, 3.63) is 35.4 Å². The van der Waals surface area contributed by atoms with Crippen molar-refractivity contribution in [1.82, 2.24) is 10.2 Å². The van der Waals surface area contributed by atoms with Gasteiger partial charge in [-0.3, -0.25) is 9.69 Å². The minimum atomic E-state index is -0.841. The molecule has 5 heteroatoms. The third-order valence-electron chi connectivity index (χ3n) is 5.01. The molecule has 23 heavy (non-hydrogen) atoms. The number of unbranched alkanes of at least 4 members (excludes halogenated alkanes) is 1. The number of hydrogen-bond donors (Lipinski definition) is 2. The molecule has 1 atom stereocenters. The molecule has 1 aromatic carbocycles. The lowest BCUT2D eigenvalue weighted by Crippen LogP contribution is -2.52. The van der Waals surface area contributed by atoms with Crippen LogP contribution in [0.2, 0.25) is 6.32 Å². The first-order valence-corrected chi connectivity index (χ1v) is 8.53. The van der Waals surface area contributed by atoms with Gasteiger partial charge in [0.05, 0.1) is 7.85 Å². The Kier molecular flexibility index (Phi) is 6.66. The number of nitrogens with zero attached hydrogens (tertiary/aromatic N) is 1. The number of carboxylic acids is 1. The van der Waals surface area contributed by atoms with Crippen LogP contribution in [-0.2, 0) is 17.8 Å². The number of carbonyl (C=O) groups is 1. The van der Waals surface area contributed by atoms with E-state index in [-0.39, 0.29) is 0 Å². The molecule has 0 aliphatic carbocycles. The fourth-order valence-electron chi connectivity index (χ4n) is 3.36. The predicted molar refractivity (Wildman–Crippen MR) is 93.9 cm³/mol. The lowest BCUT2D eigenvalue weighted by Gasteiger charge is -2.34. The van der Waals surface area contributed by atoms with E-state index in [4.69, 9.17) is 7.85 Å². The number of likely N-dealkylation sites (N-methyl/N-ethyl adjacent to an activating group) is 1. The van der Waals surface area contributed by atoms with E-state index in [2.05, 4.69) is 34.5 Å². The molecule has 0 saturated heterocycles. The number of carboxylic acid groups (broad SMARTS) is 1. The maximum atomic E-state index is 11.8. The van der Waals surface area contributed by atoms with Gasteiger partial charge in [0.1, 0.15) is 5.54 Å². The van der Waals surface area contributed by atoms with Gasteiger partial charge in [0.15, 0.2) is 0 Å². The molecule has 1 aliphatic rings. The van der Waals surface area contributed by atoms with Crippen LogP contribution in [0.15, 0.2) is 24.3 Å². The largest absolute Gasteiger partial charge is 0.480 e.